The second-order valence-electron chi connectivity index (χ2n) is 4.14. The van der Waals surface area contributed by atoms with Crippen molar-refractivity contribution < 1.29 is 14.4 Å². The number of imide groups is 1. The lowest BCUT2D eigenvalue weighted by atomic mass is 10.5. The van der Waals surface area contributed by atoms with Gasteiger partial charge in [-0.3, -0.25) is 34.8 Å². The zero-order valence-electron chi connectivity index (χ0n) is 11.1. The molecule has 3 rings (SSSR count). The number of primary amides is 1. The molecule has 14 heteroatoms. The van der Waals surface area contributed by atoms with E-state index in [1.807, 2.05) is 15.6 Å². The molecule has 0 radical (unpaired) electrons. The van der Waals surface area contributed by atoms with Crippen molar-refractivity contribution in [1.29, 1.82) is 0 Å². The fourth-order valence-corrected chi connectivity index (χ4v) is 1.62. The van der Waals surface area contributed by atoms with Gasteiger partial charge < -0.3 is 16.4 Å². The van der Waals surface area contributed by atoms with Crippen molar-refractivity contribution in [2.75, 3.05) is 0 Å². The van der Waals surface area contributed by atoms with Gasteiger partial charge in [0, 0.05) is 0 Å². The zero-order valence-corrected chi connectivity index (χ0v) is 11.1. The number of urea groups is 2. The molecular formula is C9H10N8O6. The highest BCUT2D eigenvalue weighted by molar-refractivity contribution is 6.05. The Morgan fingerprint density at radius 1 is 0.957 bits per heavy atom. The molecule has 0 bridgehead atoms. The molecule has 0 aliphatic carbocycles. The van der Waals surface area contributed by atoms with Crippen molar-refractivity contribution in [2.24, 2.45) is 5.73 Å². The summed E-state index contributed by atoms with van der Waals surface area (Å²) in [6, 6.07) is -1.51. The number of aromatic nitrogens is 4. The van der Waals surface area contributed by atoms with Crippen LogP contribution in [0.1, 0.15) is 0 Å². The first-order valence-electron chi connectivity index (χ1n) is 5.88. The van der Waals surface area contributed by atoms with Gasteiger partial charge in [0.25, 0.3) is 11.5 Å². The fraction of sp³-hybridized carbons (Fsp3) is 0.111. The zero-order chi connectivity index (χ0) is 17.1. The molecule has 1 aliphatic rings. The highest BCUT2D eigenvalue weighted by Crippen LogP contribution is 1.89. The molecular weight excluding hydrogens is 316 g/mol. The van der Waals surface area contributed by atoms with E-state index in [0.29, 0.717) is 0 Å². The molecule has 5 amide bonds. The van der Waals surface area contributed by atoms with Crippen LogP contribution in [0.2, 0.25) is 0 Å². The van der Waals surface area contributed by atoms with Crippen LogP contribution in [0.25, 0.3) is 11.2 Å². The summed E-state index contributed by atoms with van der Waals surface area (Å²) < 4.78 is 0. The van der Waals surface area contributed by atoms with E-state index in [0.717, 1.165) is 0 Å². The minimum Gasteiger partial charge on any atom is -0.352 e. The quantitative estimate of drug-likeness (QED) is 0.244. The number of aromatic amines is 4. The van der Waals surface area contributed by atoms with E-state index < -0.39 is 41.1 Å². The third-order valence-electron chi connectivity index (χ3n) is 2.48. The Morgan fingerprint density at radius 2 is 1.57 bits per heavy atom. The SMILES string of the molecule is NC(=O)NC1NC(=O)NC1=O.O=c1[nH]c(=O)c2[nH]c(=O)[nH]c2[nH]1. The van der Waals surface area contributed by atoms with Gasteiger partial charge in [-0.05, 0) is 0 Å². The minimum atomic E-state index is -1.04. The maximum absolute atomic E-state index is 10.9. The Hall–Kier alpha value is -3.84. The summed E-state index contributed by atoms with van der Waals surface area (Å²) in [6.45, 7) is 0. The van der Waals surface area contributed by atoms with Crippen LogP contribution in [0.5, 0.6) is 0 Å². The van der Waals surface area contributed by atoms with Crippen molar-refractivity contribution in [3.05, 3.63) is 31.3 Å². The van der Waals surface area contributed by atoms with Crippen molar-refractivity contribution in [2.45, 2.75) is 6.17 Å². The first kappa shape index (κ1) is 15.5. The Balaban J connectivity index is 0.000000168. The number of amides is 5. The predicted molar refractivity (Wildman–Crippen MR) is 73.3 cm³/mol. The molecule has 1 atom stereocenters. The Labute approximate surface area is 123 Å². The number of carbonyl (C=O) groups is 3. The van der Waals surface area contributed by atoms with Crippen LogP contribution in [0.4, 0.5) is 9.59 Å². The standard InChI is InChI=1S/C5H4N4O3.C4H6N4O3/c10-3-1-2(7-4(11)6-1)8-5(12)9-3;5-3(10)6-1-2(9)8-4(11)7-1/h(H4,6,7,8,9,10,11,12);1H,(H3,5,6,10)(H2,7,8,9,11). The van der Waals surface area contributed by atoms with Crippen molar-refractivity contribution in [3.63, 3.8) is 0 Å². The molecule has 14 nitrogen and oxygen atoms in total. The summed E-state index contributed by atoms with van der Waals surface area (Å²) >= 11 is 0. The smallest absolute Gasteiger partial charge is 0.327 e. The molecule has 2 aromatic heterocycles. The van der Waals surface area contributed by atoms with Crippen LogP contribution in [0.3, 0.4) is 0 Å². The third-order valence-corrected chi connectivity index (χ3v) is 2.48. The average molecular weight is 326 g/mol. The fourth-order valence-electron chi connectivity index (χ4n) is 1.62. The lowest BCUT2D eigenvalue weighted by molar-refractivity contribution is -0.120. The summed E-state index contributed by atoms with van der Waals surface area (Å²) in [4.78, 5) is 72.2. The van der Waals surface area contributed by atoms with Gasteiger partial charge >= 0.3 is 23.4 Å². The highest BCUT2D eigenvalue weighted by atomic mass is 16.2. The Bertz CT molecular complexity index is 947. The number of imidazole rings is 1. The number of fused-ring (bicyclic) bond motifs is 1. The van der Waals surface area contributed by atoms with E-state index in [1.165, 1.54) is 0 Å². The number of rotatable bonds is 1. The highest BCUT2D eigenvalue weighted by Gasteiger charge is 2.29. The van der Waals surface area contributed by atoms with Crippen molar-refractivity contribution >= 4 is 29.1 Å². The van der Waals surface area contributed by atoms with Crippen molar-refractivity contribution in [3.8, 4) is 0 Å². The molecule has 2 aromatic rings. The normalized spacial score (nSPS) is 16.3. The van der Waals surface area contributed by atoms with Gasteiger partial charge in [-0.25, -0.2) is 19.2 Å². The van der Waals surface area contributed by atoms with E-state index in [2.05, 4.69) is 20.3 Å². The molecule has 3 heterocycles. The van der Waals surface area contributed by atoms with Crippen LogP contribution in [-0.4, -0.2) is 44.1 Å². The molecule has 9 N–H and O–H groups in total. The van der Waals surface area contributed by atoms with E-state index in [1.54, 1.807) is 0 Å². The number of nitrogens with two attached hydrogens (primary N) is 1. The summed E-state index contributed by atoms with van der Waals surface area (Å²) in [5, 5.41) is 6.05. The van der Waals surface area contributed by atoms with E-state index >= 15 is 0 Å². The van der Waals surface area contributed by atoms with E-state index in [9.17, 15) is 28.8 Å². The molecule has 0 aromatic carbocycles. The van der Waals surface area contributed by atoms with Gasteiger partial charge in [-0.2, -0.15) is 0 Å². The van der Waals surface area contributed by atoms with Gasteiger partial charge in [0.15, 0.2) is 6.17 Å². The number of nitrogens with one attached hydrogen (secondary N) is 7. The predicted octanol–water partition coefficient (Wildman–Crippen LogP) is -3.95. The van der Waals surface area contributed by atoms with Gasteiger partial charge in [-0.15, -0.1) is 0 Å². The number of H-pyrrole nitrogens is 4. The van der Waals surface area contributed by atoms with Gasteiger partial charge in [0.2, 0.25) is 0 Å². The van der Waals surface area contributed by atoms with Crippen LogP contribution in [0.15, 0.2) is 14.4 Å². The molecule has 0 saturated carbocycles. The molecule has 1 saturated heterocycles. The average Bonchev–Trinajstić information content (AvgIpc) is 2.92. The van der Waals surface area contributed by atoms with Crippen LogP contribution in [0, 0.1) is 0 Å². The first-order chi connectivity index (χ1) is 10.8. The first-order valence-corrected chi connectivity index (χ1v) is 5.88. The van der Waals surface area contributed by atoms with E-state index in [4.69, 9.17) is 5.73 Å². The monoisotopic (exact) mass is 326 g/mol. The second-order valence-corrected chi connectivity index (χ2v) is 4.14. The lowest BCUT2D eigenvalue weighted by Gasteiger charge is -2.05. The maximum Gasteiger partial charge on any atom is 0.327 e. The summed E-state index contributed by atoms with van der Waals surface area (Å²) in [5.41, 5.74) is 3.05. The summed E-state index contributed by atoms with van der Waals surface area (Å²) in [6.07, 6.45) is -1.04. The number of hydrogen-bond acceptors (Lipinski definition) is 6. The lowest BCUT2D eigenvalue weighted by Crippen LogP contribution is -2.48. The topological polar surface area (TPSA) is 228 Å². The van der Waals surface area contributed by atoms with Crippen LogP contribution >= 0.6 is 0 Å². The van der Waals surface area contributed by atoms with Crippen LogP contribution in [-0.2, 0) is 4.79 Å². The Morgan fingerprint density at radius 3 is 2.09 bits per heavy atom. The maximum atomic E-state index is 10.9. The molecule has 23 heavy (non-hydrogen) atoms. The molecule has 1 aliphatic heterocycles. The second kappa shape index (κ2) is 5.88. The summed E-state index contributed by atoms with van der Waals surface area (Å²) in [5.74, 6) is -0.617. The minimum absolute atomic E-state index is 0.0413. The third kappa shape index (κ3) is 3.63. The van der Waals surface area contributed by atoms with Gasteiger partial charge in [-0.1, -0.05) is 0 Å². The van der Waals surface area contributed by atoms with E-state index in [-0.39, 0.29) is 11.2 Å². The molecule has 1 unspecified atom stereocenters. The molecule has 122 valence electrons. The van der Waals surface area contributed by atoms with Crippen molar-refractivity contribution in [1.82, 2.24) is 35.9 Å². The van der Waals surface area contributed by atoms with Gasteiger partial charge in [0.05, 0.1) is 0 Å². The number of hydrogen-bond donors (Lipinski definition) is 8. The Kier molecular flexibility index (Phi) is 3.97. The van der Waals surface area contributed by atoms with Crippen LogP contribution < -0.4 is 38.6 Å². The van der Waals surface area contributed by atoms with Gasteiger partial charge in [0.1, 0.15) is 11.2 Å². The summed E-state index contributed by atoms with van der Waals surface area (Å²) in [7, 11) is 0. The molecule has 1 fully saturated rings. The number of carbonyl (C=O) groups excluding carboxylic acids is 3. The molecule has 0 spiro atoms. The largest absolute Gasteiger partial charge is 0.352 e.